The van der Waals surface area contributed by atoms with Crippen molar-refractivity contribution in [3.05, 3.63) is 57.6 Å². The van der Waals surface area contributed by atoms with Gasteiger partial charge in [-0.15, -0.1) is 11.6 Å². The summed E-state index contributed by atoms with van der Waals surface area (Å²) in [7, 11) is 0. The van der Waals surface area contributed by atoms with Gasteiger partial charge >= 0.3 is 6.18 Å². The van der Waals surface area contributed by atoms with Crippen molar-refractivity contribution in [2.24, 2.45) is 0 Å². The summed E-state index contributed by atoms with van der Waals surface area (Å²) in [5.41, 5.74) is 1.69. The third-order valence-corrected chi connectivity index (χ3v) is 4.43. The van der Waals surface area contributed by atoms with Crippen molar-refractivity contribution in [1.29, 1.82) is 0 Å². The number of ketones is 1. The van der Waals surface area contributed by atoms with Crippen LogP contribution in [0.5, 0.6) is 11.5 Å². The molecule has 2 aromatic rings. The standard InChI is InChI=1S/C19H16Cl3F3O3/c20-6-1-7-27-18-15(21)9-13(10-16(18)22)8-12-2-4-14(5-3-12)28-11-17(26)19(23,24)25/h2-5,9-10H,1,6-8,11H2. The number of hydrogen-bond donors (Lipinski definition) is 0. The molecule has 9 heteroatoms. The van der Waals surface area contributed by atoms with Gasteiger partial charge in [-0.25, -0.2) is 0 Å². The highest BCUT2D eigenvalue weighted by Crippen LogP contribution is 2.35. The van der Waals surface area contributed by atoms with E-state index in [-0.39, 0.29) is 5.75 Å². The second kappa shape index (κ2) is 10.2. The molecule has 0 bridgehead atoms. The molecule has 0 aliphatic rings. The minimum Gasteiger partial charge on any atom is -0.490 e. The van der Waals surface area contributed by atoms with E-state index >= 15 is 0 Å². The van der Waals surface area contributed by atoms with Crippen LogP contribution in [0.25, 0.3) is 0 Å². The molecule has 0 heterocycles. The van der Waals surface area contributed by atoms with Gasteiger partial charge in [0.1, 0.15) is 5.75 Å². The van der Waals surface area contributed by atoms with Crippen molar-refractivity contribution < 1.29 is 27.4 Å². The van der Waals surface area contributed by atoms with Crippen LogP contribution in [0.3, 0.4) is 0 Å². The van der Waals surface area contributed by atoms with Crippen LogP contribution in [-0.4, -0.2) is 31.1 Å². The van der Waals surface area contributed by atoms with Crippen molar-refractivity contribution in [3.8, 4) is 11.5 Å². The van der Waals surface area contributed by atoms with E-state index in [0.717, 1.165) is 11.1 Å². The molecule has 0 N–H and O–H groups in total. The van der Waals surface area contributed by atoms with E-state index < -0.39 is 18.6 Å². The number of hydrogen-bond acceptors (Lipinski definition) is 3. The van der Waals surface area contributed by atoms with Crippen LogP contribution < -0.4 is 9.47 Å². The number of carbonyl (C=O) groups excluding carboxylic acids is 1. The molecule has 0 spiro atoms. The van der Waals surface area contributed by atoms with E-state index in [1.165, 1.54) is 12.1 Å². The van der Waals surface area contributed by atoms with Crippen LogP contribution in [-0.2, 0) is 11.2 Å². The van der Waals surface area contributed by atoms with Crippen molar-refractivity contribution in [3.63, 3.8) is 0 Å². The summed E-state index contributed by atoms with van der Waals surface area (Å²) >= 11 is 18.1. The predicted molar refractivity (Wildman–Crippen MR) is 103 cm³/mol. The van der Waals surface area contributed by atoms with Crippen LogP contribution in [0.1, 0.15) is 17.5 Å². The van der Waals surface area contributed by atoms with Crippen LogP contribution in [0.4, 0.5) is 13.2 Å². The van der Waals surface area contributed by atoms with Gasteiger partial charge in [-0.05, 0) is 48.2 Å². The second-order valence-electron chi connectivity index (χ2n) is 5.81. The predicted octanol–water partition coefficient (Wildman–Crippen LogP) is 6.10. The number of benzene rings is 2. The maximum Gasteiger partial charge on any atom is 0.453 e. The van der Waals surface area contributed by atoms with E-state index in [1.807, 2.05) is 0 Å². The molecular formula is C19H16Cl3F3O3. The highest BCUT2D eigenvalue weighted by molar-refractivity contribution is 6.37. The molecule has 3 nitrogen and oxygen atoms in total. The maximum atomic E-state index is 12.2. The molecule has 2 aromatic carbocycles. The van der Waals surface area contributed by atoms with Crippen LogP contribution >= 0.6 is 34.8 Å². The first kappa shape index (κ1) is 22.7. The molecule has 0 aliphatic heterocycles. The van der Waals surface area contributed by atoms with Crippen LogP contribution in [0.2, 0.25) is 10.0 Å². The summed E-state index contributed by atoms with van der Waals surface area (Å²) in [5, 5.41) is 0.755. The molecule has 0 atom stereocenters. The Hall–Kier alpha value is -1.63. The number of carbonyl (C=O) groups is 1. The average molecular weight is 456 g/mol. The molecule has 0 saturated heterocycles. The smallest absolute Gasteiger partial charge is 0.453 e. The summed E-state index contributed by atoms with van der Waals surface area (Å²) in [4.78, 5) is 10.8. The minimum atomic E-state index is -4.90. The van der Waals surface area contributed by atoms with Crippen LogP contribution in [0, 0.1) is 0 Å². The van der Waals surface area contributed by atoms with E-state index in [0.29, 0.717) is 41.1 Å². The number of alkyl halides is 4. The van der Waals surface area contributed by atoms with Gasteiger partial charge in [-0.3, -0.25) is 4.79 Å². The Bertz CT molecular complexity index is 785. The molecule has 0 saturated carbocycles. The zero-order chi connectivity index (χ0) is 20.7. The number of Topliss-reactive ketones (excluding diaryl/α,β-unsaturated/α-hetero) is 1. The van der Waals surface area contributed by atoms with Crippen molar-refractivity contribution in [1.82, 2.24) is 0 Å². The highest BCUT2D eigenvalue weighted by atomic mass is 35.5. The molecule has 0 aliphatic carbocycles. The van der Waals surface area contributed by atoms with Gasteiger partial charge < -0.3 is 9.47 Å². The molecule has 152 valence electrons. The summed E-state index contributed by atoms with van der Waals surface area (Å²) in [6, 6.07) is 9.81. The molecule has 0 fully saturated rings. The fourth-order valence-electron chi connectivity index (χ4n) is 2.25. The first-order chi connectivity index (χ1) is 13.2. The number of halogens is 6. The third kappa shape index (κ3) is 6.76. The van der Waals surface area contributed by atoms with Gasteiger partial charge in [-0.1, -0.05) is 35.3 Å². The molecule has 28 heavy (non-hydrogen) atoms. The number of ether oxygens (including phenoxy) is 2. The van der Waals surface area contributed by atoms with Crippen molar-refractivity contribution in [2.75, 3.05) is 19.1 Å². The molecule has 2 rings (SSSR count). The average Bonchev–Trinajstić information content (AvgIpc) is 2.62. The van der Waals surface area contributed by atoms with Crippen LogP contribution in [0.15, 0.2) is 36.4 Å². The Morgan fingerprint density at radius 2 is 1.57 bits per heavy atom. The van der Waals surface area contributed by atoms with Crippen molar-refractivity contribution in [2.45, 2.75) is 19.0 Å². The maximum absolute atomic E-state index is 12.2. The lowest BCUT2D eigenvalue weighted by molar-refractivity contribution is -0.173. The van der Waals surface area contributed by atoms with Crippen molar-refractivity contribution >= 4 is 40.6 Å². The molecule has 0 amide bonds. The lowest BCUT2D eigenvalue weighted by Crippen LogP contribution is -2.28. The van der Waals surface area contributed by atoms with E-state index in [2.05, 4.69) is 0 Å². The Balaban J connectivity index is 1.99. The topological polar surface area (TPSA) is 35.5 Å². The van der Waals surface area contributed by atoms with Gasteiger partial charge in [0.15, 0.2) is 12.4 Å². The lowest BCUT2D eigenvalue weighted by atomic mass is 10.0. The van der Waals surface area contributed by atoms with Gasteiger partial charge in [0.05, 0.1) is 16.7 Å². The largest absolute Gasteiger partial charge is 0.490 e. The zero-order valence-corrected chi connectivity index (χ0v) is 16.8. The molecule has 0 radical (unpaired) electrons. The van der Waals surface area contributed by atoms with E-state index in [9.17, 15) is 18.0 Å². The first-order valence-corrected chi connectivity index (χ1v) is 9.48. The Labute approximate surface area is 175 Å². The normalized spacial score (nSPS) is 11.4. The minimum absolute atomic E-state index is 0.167. The van der Waals surface area contributed by atoms with Gasteiger partial charge in [0, 0.05) is 5.88 Å². The monoisotopic (exact) mass is 454 g/mol. The van der Waals surface area contributed by atoms with Gasteiger partial charge in [0.2, 0.25) is 0 Å². The van der Waals surface area contributed by atoms with Gasteiger partial charge in [0.25, 0.3) is 5.78 Å². The third-order valence-electron chi connectivity index (χ3n) is 3.60. The quantitative estimate of drug-likeness (QED) is 0.338. The molecule has 0 aromatic heterocycles. The summed E-state index contributed by atoms with van der Waals surface area (Å²) in [5.74, 6) is -0.901. The zero-order valence-electron chi connectivity index (χ0n) is 14.5. The summed E-state index contributed by atoms with van der Waals surface area (Å²) in [6.45, 7) is -0.653. The van der Waals surface area contributed by atoms with E-state index in [4.69, 9.17) is 44.3 Å². The summed E-state index contributed by atoms with van der Waals surface area (Å²) in [6.07, 6.45) is -3.75. The molecular weight excluding hydrogens is 440 g/mol. The SMILES string of the molecule is O=C(COc1ccc(Cc2cc(Cl)c(OCCCCl)c(Cl)c2)cc1)C(F)(F)F. The first-order valence-electron chi connectivity index (χ1n) is 8.19. The fourth-order valence-corrected chi connectivity index (χ4v) is 3.00. The second-order valence-corrected chi connectivity index (χ2v) is 7.00. The van der Waals surface area contributed by atoms with E-state index in [1.54, 1.807) is 24.3 Å². The number of rotatable bonds is 9. The fraction of sp³-hybridized carbons (Fsp3) is 0.316. The Morgan fingerprint density at radius 3 is 2.11 bits per heavy atom. The summed E-state index contributed by atoms with van der Waals surface area (Å²) < 4.78 is 46.9. The lowest BCUT2D eigenvalue weighted by Gasteiger charge is -2.12. The Morgan fingerprint density at radius 1 is 0.964 bits per heavy atom. The Kier molecular flexibility index (Phi) is 8.28. The van der Waals surface area contributed by atoms with Gasteiger partial charge in [-0.2, -0.15) is 13.2 Å². The molecule has 0 unspecified atom stereocenters. The highest BCUT2D eigenvalue weighted by Gasteiger charge is 2.38.